The van der Waals surface area contributed by atoms with Crippen molar-refractivity contribution in [3.63, 3.8) is 0 Å². The first-order valence-electron chi connectivity index (χ1n) is 7.30. The molecule has 0 aromatic heterocycles. The molecule has 5 nitrogen and oxygen atoms in total. The van der Waals surface area contributed by atoms with Gasteiger partial charge in [-0.05, 0) is 44.0 Å². The molecule has 0 aliphatic heterocycles. The average Bonchev–Trinajstić information content (AvgIpc) is 2.36. The first-order valence-corrected chi connectivity index (χ1v) is 7.30. The van der Waals surface area contributed by atoms with Crippen LogP contribution in [-0.4, -0.2) is 24.4 Å². The van der Waals surface area contributed by atoms with E-state index in [0.29, 0.717) is 12.3 Å². The molecule has 0 saturated heterocycles. The Labute approximate surface area is 126 Å². The SMILES string of the molecule is CC(C)CC(=O)Nc1ccc(NCC(=O)NC(C)C)cc1. The van der Waals surface area contributed by atoms with E-state index in [2.05, 4.69) is 16.0 Å². The summed E-state index contributed by atoms with van der Waals surface area (Å²) < 4.78 is 0. The van der Waals surface area contributed by atoms with Gasteiger partial charge >= 0.3 is 0 Å². The molecule has 21 heavy (non-hydrogen) atoms. The largest absolute Gasteiger partial charge is 0.376 e. The van der Waals surface area contributed by atoms with Gasteiger partial charge in [-0.1, -0.05) is 13.8 Å². The van der Waals surface area contributed by atoms with Crippen molar-refractivity contribution in [1.29, 1.82) is 0 Å². The number of benzene rings is 1. The number of anilines is 2. The molecule has 0 saturated carbocycles. The fourth-order valence-corrected chi connectivity index (χ4v) is 1.81. The highest BCUT2D eigenvalue weighted by molar-refractivity contribution is 5.91. The van der Waals surface area contributed by atoms with Crippen molar-refractivity contribution in [1.82, 2.24) is 5.32 Å². The molecule has 116 valence electrons. The second-order valence-electron chi connectivity index (χ2n) is 5.80. The normalized spacial score (nSPS) is 10.6. The van der Waals surface area contributed by atoms with E-state index in [9.17, 15) is 9.59 Å². The molecule has 1 rings (SSSR count). The molecule has 0 radical (unpaired) electrons. The van der Waals surface area contributed by atoms with Gasteiger partial charge in [0.1, 0.15) is 0 Å². The van der Waals surface area contributed by atoms with E-state index in [4.69, 9.17) is 0 Å². The van der Waals surface area contributed by atoms with Gasteiger partial charge < -0.3 is 16.0 Å². The van der Waals surface area contributed by atoms with E-state index >= 15 is 0 Å². The maximum Gasteiger partial charge on any atom is 0.239 e. The Morgan fingerprint density at radius 3 is 2.05 bits per heavy atom. The summed E-state index contributed by atoms with van der Waals surface area (Å²) in [4.78, 5) is 23.2. The first kappa shape index (κ1) is 17.0. The molecule has 0 unspecified atom stereocenters. The van der Waals surface area contributed by atoms with E-state index in [1.807, 2.05) is 52.0 Å². The van der Waals surface area contributed by atoms with Gasteiger partial charge in [0.25, 0.3) is 0 Å². The van der Waals surface area contributed by atoms with Crippen LogP contribution >= 0.6 is 0 Å². The fourth-order valence-electron chi connectivity index (χ4n) is 1.81. The number of nitrogens with one attached hydrogen (secondary N) is 3. The minimum Gasteiger partial charge on any atom is -0.376 e. The van der Waals surface area contributed by atoms with Crippen molar-refractivity contribution in [2.45, 2.75) is 40.2 Å². The van der Waals surface area contributed by atoms with Gasteiger partial charge in [-0.15, -0.1) is 0 Å². The summed E-state index contributed by atoms with van der Waals surface area (Å²) in [5.41, 5.74) is 1.61. The molecule has 0 heterocycles. The Morgan fingerprint density at radius 1 is 0.952 bits per heavy atom. The molecular formula is C16H25N3O2. The van der Waals surface area contributed by atoms with Crippen molar-refractivity contribution < 1.29 is 9.59 Å². The van der Waals surface area contributed by atoms with Gasteiger partial charge in [-0.3, -0.25) is 9.59 Å². The minimum absolute atomic E-state index is 0.0158. The monoisotopic (exact) mass is 291 g/mol. The quantitative estimate of drug-likeness (QED) is 0.723. The highest BCUT2D eigenvalue weighted by Gasteiger charge is 2.06. The molecule has 1 aromatic carbocycles. The second-order valence-corrected chi connectivity index (χ2v) is 5.80. The molecule has 0 bridgehead atoms. The third kappa shape index (κ3) is 7.34. The van der Waals surface area contributed by atoms with Crippen LogP contribution in [0, 0.1) is 5.92 Å². The maximum atomic E-state index is 11.6. The molecule has 0 atom stereocenters. The summed E-state index contributed by atoms with van der Waals surface area (Å²) in [7, 11) is 0. The molecule has 2 amide bonds. The van der Waals surface area contributed by atoms with E-state index in [0.717, 1.165) is 11.4 Å². The summed E-state index contributed by atoms with van der Waals surface area (Å²) in [5, 5.41) is 8.69. The van der Waals surface area contributed by atoms with Crippen LogP contribution in [-0.2, 0) is 9.59 Å². The van der Waals surface area contributed by atoms with Crippen LogP contribution in [0.25, 0.3) is 0 Å². The summed E-state index contributed by atoms with van der Waals surface area (Å²) in [6.45, 7) is 8.10. The number of amides is 2. The molecule has 0 aliphatic rings. The van der Waals surface area contributed by atoms with Gasteiger partial charge in [0.15, 0.2) is 0 Å². The highest BCUT2D eigenvalue weighted by atomic mass is 16.2. The van der Waals surface area contributed by atoms with Gasteiger partial charge in [0.05, 0.1) is 6.54 Å². The standard InChI is InChI=1S/C16H25N3O2/c1-11(2)9-15(20)19-14-7-5-13(6-8-14)17-10-16(21)18-12(3)4/h5-8,11-12,17H,9-10H2,1-4H3,(H,18,21)(H,19,20). The third-order valence-corrected chi connectivity index (χ3v) is 2.67. The van der Waals surface area contributed by atoms with Crippen LogP contribution in [0.3, 0.4) is 0 Å². The summed E-state index contributed by atoms with van der Waals surface area (Å²) >= 11 is 0. The summed E-state index contributed by atoms with van der Waals surface area (Å²) in [5.74, 6) is 0.312. The van der Waals surface area contributed by atoms with Crippen molar-refractivity contribution in [3.05, 3.63) is 24.3 Å². The van der Waals surface area contributed by atoms with Gasteiger partial charge in [0.2, 0.25) is 11.8 Å². The Bertz CT molecular complexity index is 467. The van der Waals surface area contributed by atoms with Crippen LogP contribution in [0.15, 0.2) is 24.3 Å². The third-order valence-electron chi connectivity index (χ3n) is 2.67. The zero-order valence-electron chi connectivity index (χ0n) is 13.2. The van der Waals surface area contributed by atoms with Gasteiger partial charge in [-0.25, -0.2) is 0 Å². The zero-order chi connectivity index (χ0) is 15.8. The van der Waals surface area contributed by atoms with Gasteiger partial charge in [-0.2, -0.15) is 0 Å². The first-order chi connectivity index (χ1) is 9.86. The number of carbonyl (C=O) groups is 2. The maximum absolute atomic E-state index is 11.6. The molecule has 5 heteroatoms. The minimum atomic E-state index is -0.0423. The van der Waals surface area contributed by atoms with Crippen LogP contribution in [0.2, 0.25) is 0 Å². The van der Waals surface area contributed by atoms with Gasteiger partial charge in [0, 0.05) is 23.8 Å². The predicted octanol–water partition coefficient (Wildman–Crippen LogP) is 2.61. The molecule has 0 spiro atoms. The Hall–Kier alpha value is -2.04. The molecule has 0 aliphatic carbocycles. The van der Waals surface area contributed by atoms with Crippen molar-refractivity contribution in [2.24, 2.45) is 5.92 Å². The summed E-state index contributed by atoms with van der Waals surface area (Å²) in [6, 6.07) is 7.46. The van der Waals surface area contributed by atoms with E-state index in [1.54, 1.807) is 0 Å². The Morgan fingerprint density at radius 2 is 1.52 bits per heavy atom. The second kappa shape index (κ2) is 8.29. The molecule has 3 N–H and O–H groups in total. The smallest absolute Gasteiger partial charge is 0.239 e. The number of rotatable bonds is 7. The van der Waals surface area contributed by atoms with Crippen molar-refractivity contribution >= 4 is 23.2 Å². The van der Waals surface area contributed by atoms with E-state index < -0.39 is 0 Å². The van der Waals surface area contributed by atoms with Crippen molar-refractivity contribution in [2.75, 3.05) is 17.2 Å². The lowest BCUT2D eigenvalue weighted by atomic mass is 10.1. The summed E-state index contributed by atoms with van der Waals surface area (Å²) in [6.07, 6.45) is 0.509. The van der Waals surface area contributed by atoms with Crippen LogP contribution in [0.4, 0.5) is 11.4 Å². The Balaban J connectivity index is 2.43. The lowest BCUT2D eigenvalue weighted by molar-refractivity contribution is -0.120. The average molecular weight is 291 g/mol. The van der Waals surface area contributed by atoms with E-state index in [-0.39, 0.29) is 24.4 Å². The topological polar surface area (TPSA) is 70.2 Å². The number of carbonyl (C=O) groups excluding carboxylic acids is 2. The van der Waals surface area contributed by atoms with Crippen LogP contribution < -0.4 is 16.0 Å². The van der Waals surface area contributed by atoms with Crippen LogP contribution in [0.5, 0.6) is 0 Å². The van der Waals surface area contributed by atoms with Crippen LogP contribution in [0.1, 0.15) is 34.1 Å². The molecule has 1 aromatic rings. The Kier molecular flexibility index (Phi) is 6.72. The van der Waals surface area contributed by atoms with Crippen molar-refractivity contribution in [3.8, 4) is 0 Å². The highest BCUT2D eigenvalue weighted by Crippen LogP contribution is 2.14. The number of hydrogen-bond acceptors (Lipinski definition) is 3. The fraction of sp³-hybridized carbons (Fsp3) is 0.500. The lowest BCUT2D eigenvalue weighted by Gasteiger charge is -2.11. The predicted molar refractivity (Wildman–Crippen MR) is 86.3 cm³/mol. The van der Waals surface area contributed by atoms with E-state index in [1.165, 1.54) is 0 Å². The molecular weight excluding hydrogens is 266 g/mol. The lowest BCUT2D eigenvalue weighted by Crippen LogP contribution is -2.34. The zero-order valence-corrected chi connectivity index (χ0v) is 13.2. The number of hydrogen-bond donors (Lipinski definition) is 3. The molecule has 0 fully saturated rings.